The van der Waals surface area contributed by atoms with Crippen LogP contribution in [0.25, 0.3) is 11.0 Å². The maximum Gasteiger partial charge on any atom is 0.243 e. The van der Waals surface area contributed by atoms with E-state index in [0.717, 1.165) is 25.9 Å². The fraction of sp³-hybridized carbons (Fsp3) is 0.355. The molecule has 222 valence electrons. The molecule has 10 nitrogen and oxygen atoms in total. The number of ether oxygens (including phenoxy) is 1. The van der Waals surface area contributed by atoms with Crippen LogP contribution >= 0.6 is 0 Å². The summed E-state index contributed by atoms with van der Waals surface area (Å²) in [7, 11) is 4.18. The van der Waals surface area contributed by atoms with Crippen molar-refractivity contribution in [3.05, 3.63) is 66.4 Å². The molecule has 4 heterocycles. The molecule has 0 bridgehead atoms. The monoisotopic (exact) mass is 587 g/mol. The molecule has 2 atom stereocenters. The molecule has 0 spiro atoms. The first kappa shape index (κ1) is 27.3. The van der Waals surface area contributed by atoms with Crippen molar-refractivity contribution in [1.82, 2.24) is 20.1 Å². The molecule has 43 heavy (non-hydrogen) atoms. The van der Waals surface area contributed by atoms with Gasteiger partial charge < -0.3 is 24.8 Å². The number of halogens is 2. The summed E-state index contributed by atoms with van der Waals surface area (Å²) in [6.45, 7) is 2.03. The van der Waals surface area contributed by atoms with Crippen molar-refractivity contribution in [3.63, 3.8) is 0 Å². The lowest BCUT2D eigenvalue weighted by molar-refractivity contribution is -0.131. The van der Waals surface area contributed by atoms with Crippen molar-refractivity contribution >= 4 is 40.0 Å². The summed E-state index contributed by atoms with van der Waals surface area (Å²) in [5.74, 6) is -0.917. The molecule has 2 amide bonds. The minimum Gasteiger partial charge on any atom is -0.453 e. The van der Waals surface area contributed by atoms with E-state index in [1.807, 2.05) is 0 Å². The Morgan fingerprint density at radius 1 is 1.09 bits per heavy atom. The van der Waals surface area contributed by atoms with Crippen LogP contribution in [-0.4, -0.2) is 71.7 Å². The van der Waals surface area contributed by atoms with Crippen molar-refractivity contribution in [2.45, 2.75) is 25.3 Å². The van der Waals surface area contributed by atoms with Gasteiger partial charge in [0.15, 0.2) is 23.0 Å². The zero-order chi connectivity index (χ0) is 29.9. The van der Waals surface area contributed by atoms with Crippen LogP contribution in [0.2, 0.25) is 0 Å². The first-order valence-corrected chi connectivity index (χ1v) is 14.4. The average Bonchev–Trinajstić information content (AvgIpc) is 3.45. The van der Waals surface area contributed by atoms with Crippen molar-refractivity contribution < 1.29 is 23.1 Å². The number of aromatic amines is 1. The molecule has 2 aliphatic heterocycles. The van der Waals surface area contributed by atoms with E-state index in [9.17, 15) is 14.0 Å². The van der Waals surface area contributed by atoms with Crippen molar-refractivity contribution in [3.8, 4) is 11.5 Å². The number of anilines is 3. The van der Waals surface area contributed by atoms with Crippen LogP contribution in [0.15, 0.2) is 54.7 Å². The third kappa shape index (κ3) is 4.66. The van der Waals surface area contributed by atoms with E-state index >= 15 is 4.39 Å². The molecular formula is C31H31F2N7O3. The summed E-state index contributed by atoms with van der Waals surface area (Å²) in [6.07, 6.45) is 4.00. The molecule has 2 N–H and O–H groups in total. The van der Waals surface area contributed by atoms with Gasteiger partial charge in [0.2, 0.25) is 11.8 Å². The zero-order valence-corrected chi connectivity index (χ0v) is 23.8. The van der Waals surface area contributed by atoms with E-state index in [0.29, 0.717) is 47.3 Å². The molecular weight excluding hydrogens is 556 g/mol. The van der Waals surface area contributed by atoms with E-state index in [4.69, 9.17) is 4.74 Å². The van der Waals surface area contributed by atoms with Gasteiger partial charge in [0.25, 0.3) is 0 Å². The summed E-state index contributed by atoms with van der Waals surface area (Å²) in [6, 6.07) is 12.0. The summed E-state index contributed by atoms with van der Waals surface area (Å²) in [5, 5.41) is 10.9. The number of rotatable bonds is 7. The number of piperidine rings is 2. The van der Waals surface area contributed by atoms with E-state index in [1.165, 1.54) is 41.3 Å². The zero-order valence-electron chi connectivity index (χ0n) is 23.8. The van der Waals surface area contributed by atoms with Gasteiger partial charge in [-0.3, -0.25) is 14.7 Å². The number of nitrogens with zero attached hydrogens (tertiary/aromatic N) is 5. The highest BCUT2D eigenvalue weighted by molar-refractivity contribution is 6.20. The largest absolute Gasteiger partial charge is 0.453 e. The van der Waals surface area contributed by atoms with Crippen LogP contribution in [0.3, 0.4) is 0 Å². The molecule has 2 aromatic carbocycles. The number of H-pyrrole nitrogens is 1. The fourth-order valence-electron chi connectivity index (χ4n) is 6.41. The fourth-order valence-corrected chi connectivity index (χ4v) is 6.41. The van der Waals surface area contributed by atoms with Crippen molar-refractivity contribution in [2.24, 2.45) is 11.3 Å². The number of aromatic nitrogens is 3. The predicted octanol–water partition coefficient (Wildman–Crippen LogP) is 4.55. The summed E-state index contributed by atoms with van der Waals surface area (Å²) < 4.78 is 34.7. The second-order valence-electron chi connectivity index (χ2n) is 11.7. The van der Waals surface area contributed by atoms with Gasteiger partial charge in [-0.15, -0.1) is 0 Å². The Morgan fingerprint density at radius 3 is 2.58 bits per heavy atom. The highest BCUT2D eigenvalue weighted by Gasteiger charge is 2.71. The summed E-state index contributed by atoms with van der Waals surface area (Å²) >= 11 is 0. The molecule has 3 fully saturated rings. The van der Waals surface area contributed by atoms with E-state index in [2.05, 4.69) is 44.4 Å². The molecule has 2 unspecified atom stereocenters. The summed E-state index contributed by atoms with van der Waals surface area (Å²) in [5.41, 5.74) is 0.111. The first-order chi connectivity index (χ1) is 20.7. The van der Waals surface area contributed by atoms with Gasteiger partial charge in [-0.1, -0.05) is 0 Å². The number of hydrogen-bond donors (Lipinski definition) is 2. The molecule has 2 saturated heterocycles. The van der Waals surface area contributed by atoms with Crippen LogP contribution in [0.1, 0.15) is 19.3 Å². The Kier molecular flexibility index (Phi) is 6.53. The smallest absolute Gasteiger partial charge is 0.243 e. The molecule has 2 aromatic heterocycles. The Balaban J connectivity index is 1.06. The van der Waals surface area contributed by atoms with Crippen LogP contribution < -0.4 is 19.9 Å². The molecule has 0 radical (unpaired) electrons. The van der Waals surface area contributed by atoms with E-state index in [1.54, 1.807) is 18.3 Å². The van der Waals surface area contributed by atoms with Crippen LogP contribution in [0, 0.1) is 23.0 Å². The van der Waals surface area contributed by atoms with Gasteiger partial charge in [-0.05, 0) is 69.8 Å². The standard InChI is InChI=1S/C31H31F2N7O3/c1-38(2)21-10-13-39(14-11-21)28-26-25(9-12-34-27(26)36-37-28)43-24-8-5-20(15-23(24)33)35-29(41)31-16-18(31)17-40(30(31)42)22-6-3-19(32)4-7-22/h3-9,12,15,18,21H,10-11,13-14,16-17H2,1-2H3,(H,35,41)(H,34,36,37). The lowest BCUT2D eigenvalue weighted by Crippen LogP contribution is -2.42. The van der Waals surface area contributed by atoms with Gasteiger partial charge in [-0.25, -0.2) is 13.8 Å². The van der Waals surface area contributed by atoms with Crippen molar-refractivity contribution in [1.29, 1.82) is 0 Å². The molecule has 3 aliphatic rings. The van der Waals surface area contributed by atoms with E-state index in [-0.39, 0.29) is 23.3 Å². The number of benzene rings is 2. The highest BCUT2D eigenvalue weighted by atomic mass is 19.1. The first-order valence-electron chi connectivity index (χ1n) is 14.4. The SMILES string of the molecule is CN(C)C1CCN(c2n[nH]c3nccc(Oc4ccc(NC(=O)C56CC5CN(c5ccc(F)cc5)C6=O)cc4F)c23)CC1. The van der Waals surface area contributed by atoms with Crippen molar-refractivity contribution in [2.75, 3.05) is 48.8 Å². The maximum absolute atomic E-state index is 15.3. The molecule has 12 heteroatoms. The third-order valence-corrected chi connectivity index (χ3v) is 8.99. The third-order valence-electron chi connectivity index (χ3n) is 8.99. The molecule has 4 aromatic rings. The topological polar surface area (TPSA) is 107 Å². The number of fused-ring (bicyclic) bond motifs is 2. The number of hydrogen-bond acceptors (Lipinski definition) is 7. The quantitative estimate of drug-likeness (QED) is 0.306. The molecule has 7 rings (SSSR count). The Morgan fingerprint density at radius 2 is 1.86 bits per heavy atom. The second kappa shape index (κ2) is 10.3. The van der Waals surface area contributed by atoms with Crippen LogP contribution in [-0.2, 0) is 9.59 Å². The van der Waals surface area contributed by atoms with Gasteiger partial charge in [-0.2, -0.15) is 5.10 Å². The van der Waals surface area contributed by atoms with Crippen LogP contribution in [0.5, 0.6) is 11.5 Å². The maximum atomic E-state index is 15.3. The Bertz CT molecular complexity index is 1720. The van der Waals surface area contributed by atoms with Gasteiger partial charge >= 0.3 is 0 Å². The number of amides is 2. The Labute approximate surface area is 246 Å². The van der Waals surface area contributed by atoms with Gasteiger partial charge in [0, 0.05) is 61.3 Å². The average molecular weight is 588 g/mol. The predicted molar refractivity (Wildman–Crippen MR) is 157 cm³/mol. The molecule has 1 saturated carbocycles. The minimum atomic E-state index is -1.19. The second-order valence-corrected chi connectivity index (χ2v) is 11.7. The number of nitrogens with one attached hydrogen (secondary N) is 2. The van der Waals surface area contributed by atoms with E-state index < -0.39 is 23.0 Å². The van der Waals surface area contributed by atoms with Gasteiger partial charge in [0.1, 0.15) is 22.4 Å². The lowest BCUT2D eigenvalue weighted by Gasteiger charge is -2.35. The van der Waals surface area contributed by atoms with Crippen LogP contribution in [0.4, 0.5) is 26.0 Å². The minimum absolute atomic E-state index is 0.0224. The Hall–Kier alpha value is -4.58. The summed E-state index contributed by atoms with van der Waals surface area (Å²) in [4.78, 5) is 36.8. The highest BCUT2D eigenvalue weighted by Crippen LogP contribution is 2.59. The number of carbonyl (C=O) groups excluding carboxylic acids is 2. The normalized spacial score (nSPS) is 21.9. The molecule has 1 aliphatic carbocycles. The lowest BCUT2D eigenvalue weighted by atomic mass is 10.0. The van der Waals surface area contributed by atoms with Gasteiger partial charge in [0.05, 0.1) is 0 Å². The number of pyridine rings is 1. The number of carbonyl (C=O) groups is 2.